The van der Waals surface area contributed by atoms with E-state index in [1.165, 1.54) is 11.3 Å². The first-order valence-corrected chi connectivity index (χ1v) is 8.08. The van der Waals surface area contributed by atoms with Gasteiger partial charge in [0.2, 0.25) is 5.91 Å². The molecule has 4 heteroatoms. The molecule has 0 aliphatic carbocycles. The van der Waals surface area contributed by atoms with Crippen LogP contribution in [0.5, 0.6) is 0 Å². The maximum absolute atomic E-state index is 11.7. The number of rotatable bonds is 7. The van der Waals surface area contributed by atoms with Gasteiger partial charge < -0.3 is 10.2 Å². The minimum atomic E-state index is 0.111. The van der Waals surface area contributed by atoms with Gasteiger partial charge in [-0.3, -0.25) is 4.79 Å². The van der Waals surface area contributed by atoms with Crippen LogP contribution in [-0.2, 0) is 17.6 Å². The molecule has 0 saturated carbocycles. The summed E-state index contributed by atoms with van der Waals surface area (Å²) >= 11 is 1.63. The molecule has 1 aromatic heterocycles. The zero-order valence-corrected chi connectivity index (χ0v) is 13.5. The predicted octanol–water partition coefficient (Wildman–Crippen LogP) is 3.11. The molecular formula is C17H22N2OS. The van der Waals surface area contributed by atoms with Crippen molar-refractivity contribution in [3.63, 3.8) is 0 Å². The van der Waals surface area contributed by atoms with E-state index in [1.54, 1.807) is 11.3 Å². The van der Waals surface area contributed by atoms with E-state index in [-0.39, 0.29) is 5.91 Å². The van der Waals surface area contributed by atoms with Crippen LogP contribution in [0.3, 0.4) is 0 Å². The Morgan fingerprint density at radius 2 is 1.95 bits per heavy atom. The zero-order chi connectivity index (χ0) is 15.1. The van der Waals surface area contributed by atoms with Crippen molar-refractivity contribution in [3.05, 3.63) is 52.2 Å². The predicted molar refractivity (Wildman–Crippen MR) is 90.1 cm³/mol. The number of nitrogens with one attached hydrogen (secondary N) is 1. The summed E-state index contributed by atoms with van der Waals surface area (Å²) in [6.07, 6.45) is 2.46. The van der Waals surface area contributed by atoms with Crippen molar-refractivity contribution in [2.45, 2.75) is 19.3 Å². The van der Waals surface area contributed by atoms with Crippen LogP contribution in [0.15, 0.2) is 41.8 Å². The fraction of sp³-hybridized carbons (Fsp3) is 0.353. The number of hydrogen-bond donors (Lipinski definition) is 1. The lowest BCUT2D eigenvalue weighted by Gasteiger charge is -2.12. The minimum Gasteiger partial charge on any atom is -0.378 e. The standard InChI is InChI=1S/C17H22N2OS/c1-19(2)15-9-7-14(8-10-15)5-3-11-18-17(20)13-16-6-4-12-21-16/h4,6-10,12H,3,5,11,13H2,1-2H3,(H,18,20). The van der Waals surface area contributed by atoms with Crippen molar-refractivity contribution in [3.8, 4) is 0 Å². The minimum absolute atomic E-state index is 0.111. The lowest BCUT2D eigenvalue weighted by atomic mass is 10.1. The van der Waals surface area contributed by atoms with Gasteiger partial charge in [0.05, 0.1) is 6.42 Å². The number of anilines is 1. The van der Waals surface area contributed by atoms with E-state index in [0.717, 1.165) is 24.3 Å². The summed E-state index contributed by atoms with van der Waals surface area (Å²) in [5.41, 5.74) is 2.52. The average Bonchev–Trinajstić information content (AvgIpc) is 2.97. The molecule has 1 aromatic carbocycles. The van der Waals surface area contributed by atoms with Gasteiger partial charge in [0, 0.05) is 31.2 Å². The molecule has 1 amide bonds. The molecule has 112 valence electrons. The Morgan fingerprint density at radius 1 is 1.19 bits per heavy atom. The SMILES string of the molecule is CN(C)c1ccc(CCCNC(=O)Cc2cccs2)cc1. The van der Waals surface area contributed by atoms with Crippen molar-refractivity contribution >= 4 is 22.9 Å². The molecule has 0 aliphatic rings. The molecule has 0 spiro atoms. The summed E-state index contributed by atoms with van der Waals surface area (Å²) in [5.74, 6) is 0.111. The van der Waals surface area contributed by atoms with Gasteiger partial charge in [0.1, 0.15) is 0 Å². The normalized spacial score (nSPS) is 10.4. The molecule has 3 nitrogen and oxygen atoms in total. The molecule has 2 aromatic rings. The number of amides is 1. The molecule has 1 heterocycles. The molecule has 0 radical (unpaired) electrons. The van der Waals surface area contributed by atoms with Crippen LogP contribution in [0, 0.1) is 0 Å². The quantitative estimate of drug-likeness (QED) is 0.797. The number of nitrogens with zero attached hydrogens (tertiary/aromatic N) is 1. The number of benzene rings is 1. The van der Waals surface area contributed by atoms with Gasteiger partial charge in [-0.05, 0) is 42.0 Å². The Morgan fingerprint density at radius 3 is 2.57 bits per heavy atom. The van der Waals surface area contributed by atoms with Gasteiger partial charge >= 0.3 is 0 Å². The Hall–Kier alpha value is -1.81. The Labute approximate surface area is 130 Å². The molecule has 0 saturated heterocycles. The second-order valence-corrected chi connectivity index (χ2v) is 6.30. The maximum atomic E-state index is 11.7. The number of carbonyl (C=O) groups excluding carboxylic acids is 1. The van der Waals surface area contributed by atoms with Gasteiger partial charge in [-0.2, -0.15) is 0 Å². The summed E-state index contributed by atoms with van der Waals surface area (Å²) in [4.78, 5) is 14.9. The average molecular weight is 302 g/mol. The first kappa shape index (κ1) is 15.6. The monoisotopic (exact) mass is 302 g/mol. The van der Waals surface area contributed by atoms with E-state index >= 15 is 0 Å². The fourth-order valence-corrected chi connectivity index (χ4v) is 2.82. The van der Waals surface area contributed by atoms with Crippen LogP contribution >= 0.6 is 11.3 Å². The summed E-state index contributed by atoms with van der Waals surface area (Å²) in [6, 6.07) is 12.5. The van der Waals surface area contributed by atoms with E-state index < -0.39 is 0 Å². The number of carbonyl (C=O) groups is 1. The molecule has 21 heavy (non-hydrogen) atoms. The zero-order valence-electron chi connectivity index (χ0n) is 12.6. The third-order valence-corrected chi connectivity index (χ3v) is 4.21. The summed E-state index contributed by atoms with van der Waals surface area (Å²) in [6.45, 7) is 0.736. The van der Waals surface area contributed by atoms with Crippen LogP contribution in [0.1, 0.15) is 16.9 Å². The van der Waals surface area contributed by atoms with Gasteiger partial charge in [-0.15, -0.1) is 11.3 Å². The summed E-state index contributed by atoms with van der Waals surface area (Å²) in [5, 5.41) is 4.98. The van der Waals surface area contributed by atoms with Crippen LogP contribution in [0.4, 0.5) is 5.69 Å². The lowest BCUT2D eigenvalue weighted by molar-refractivity contribution is -0.120. The van der Waals surface area contributed by atoms with Crippen molar-refractivity contribution in [1.29, 1.82) is 0 Å². The van der Waals surface area contributed by atoms with Crippen LogP contribution < -0.4 is 10.2 Å². The van der Waals surface area contributed by atoms with Gasteiger partial charge in [-0.25, -0.2) is 0 Å². The molecule has 0 unspecified atom stereocenters. The number of thiophene rings is 1. The number of hydrogen-bond acceptors (Lipinski definition) is 3. The van der Waals surface area contributed by atoms with Crippen molar-refractivity contribution in [2.24, 2.45) is 0 Å². The topological polar surface area (TPSA) is 32.3 Å². The molecule has 0 aliphatic heterocycles. The van der Waals surface area contributed by atoms with E-state index in [2.05, 4.69) is 34.5 Å². The van der Waals surface area contributed by atoms with E-state index in [9.17, 15) is 4.79 Å². The maximum Gasteiger partial charge on any atom is 0.225 e. The second-order valence-electron chi connectivity index (χ2n) is 5.27. The highest BCUT2D eigenvalue weighted by Crippen LogP contribution is 2.13. The smallest absolute Gasteiger partial charge is 0.225 e. The second kappa shape index (κ2) is 7.84. The number of aryl methyl sites for hydroxylation is 1. The highest BCUT2D eigenvalue weighted by molar-refractivity contribution is 7.10. The first-order chi connectivity index (χ1) is 10.1. The van der Waals surface area contributed by atoms with Gasteiger partial charge in [0.25, 0.3) is 0 Å². The van der Waals surface area contributed by atoms with Crippen LogP contribution in [0.2, 0.25) is 0 Å². The molecule has 1 N–H and O–H groups in total. The van der Waals surface area contributed by atoms with Crippen LogP contribution in [0.25, 0.3) is 0 Å². The Bertz CT molecular complexity index is 547. The molecule has 0 fully saturated rings. The molecular weight excluding hydrogens is 280 g/mol. The Kier molecular flexibility index (Phi) is 5.81. The third-order valence-electron chi connectivity index (χ3n) is 3.33. The van der Waals surface area contributed by atoms with Crippen molar-refractivity contribution in [2.75, 3.05) is 25.5 Å². The van der Waals surface area contributed by atoms with Crippen molar-refractivity contribution < 1.29 is 4.79 Å². The van der Waals surface area contributed by atoms with E-state index in [4.69, 9.17) is 0 Å². The molecule has 0 bridgehead atoms. The first-order valence-electron chi connectivity index (χ1n) is 7.20. The highest BCUT2D eigenvalue weighted by atomic mass is 32.1. The van der Waals surface area contributed by atoms with Crippen LogP contribution in [-0.4, -0.2) is 26.5 Å². The van der Waals surface area contributed by atoms with Crippen molar-refractivity contribution in [1.82, 2.24) is 5.32 Å². The molecule has 0 atom stereocenters. The largest absolute Gasteiger partial charge is 0.378 e. The van der Waals surface area contributed by atoms with E-state index in [1.807, 2.05) is 31.6 Å². The van der Waals surface area contributed by atoms with Gasteiger partial charge in [-0.1, -0.05) is 18.2 Å². The Balaban J connectivity index is 1.66. The fourth-order valence-electron chi connectivity index (χ4n) is 2.11. The summed E-state index contributed by atoms with van der Waals surface area (Å²) in [7, 11) is 4.08. The third kappa shape index (κ3) is 5.23. The van der Waals surface area contributed by atoms with Gasteiger partial charge in [0.15, 0.2) is 0 Å². The summed E-state index contributed by atoms with van der Waals surface area (Å²) < 4.78 is 0. The molecule has 2 rings (SSSR count). The highest BCUT2D eigenvalue weighted by Gasteiger charge is 2.03. The van der Waals surface area contributed by atoms with E-state index in [0.29, 0.717) is 6.42 Å². The lowest BCUT2D eigenvalue weighted by Crippen LogP contribution is -2.26.